The normalized spacial score (nSPS) is 12.1. The topological polar surface area (TPSA) is 29.5 Å². The van der Waals surface area contributed by atoms with E-state index in [9.17, 15) is 0 Å². The maximum Gasteiger partial charge on any atom is 0.139 e. The third-order valence-electron chi connectivity index (χ3n) is 2.34. The van der Waals surface area contributed by atoms with Gasteiger partial charge < -0.3 is 9.84 Å². The van der Waals surface area contributed by atoms with Crippen LogP contribution in [0.15, 0.2) is 42.2 Å². The summed E-state index contributed by atoms with van der Waals surface area (Å²) in [5.74, 6) is 1.55. The standard InChI is InChI=1S/C13H17BO2/c1-3-5-11(4-2)16-12-6-7-13(14)10(8-12)9-15/h3-8,15H,9,14H2,1-2H3/b5-3-,11-4+. The van der Waals surface area contributed by atoms with Crippen molar-refractivity contribution in [1.29, 1.82) is 0 Å². The van der Waals surface area contributed by atoms with Gasteiger partial charge in [-0.15, -0.1) is 0 Å². The van der Waals surface area contributed by atoms with Gasteiger partial charge in [0.2, 0.25) is 0 Å². The molecule has 0 saturated carbocycles. The molecule has 0 aliphatic rings. The second-order valence-corrected chi connectivity index (χ2v) is 3.54. The first-order chi connectivity index (χ1) is 7.71. The first-order valence-corrected chi connectivity index (χ1v) is 5.38. The molecule has 1 aromatic carbocycles. The molecule has 0 saturated heterocycles. The van der Waals surface area contributed by atoms with Gasteiger partial charge in [-0.05, 0) is 43.7 Å². The van der Waals surface area contributed by atoms with Crippen molar-refractivity contribution in [3.05, 3.63) is 47.7 Å². The van der Waals surface area contributed by atoms with Crippen molar-refractivity contribution in [3.8, 4) is 5.75 Å². The van der Waals surface area contributed by atoms with Gasteiger partial charge in [0.25, 0.3) is 0 Å². The number of allylic oxidation sites excluding steroid dienone is 3. The summed E-state index contributed by atoms with van der Waals surface area (Å²) in [5, 5.41) is 9.15. The molecule has 1 aromatic rings. The summed E-state index contributed by atoms with van der Waals surface area (Å²) < 4.78 is 5.66. The quantitative estimate of drug-likeness (QED) is 0.467. The smallest absolute Gasteiger partial charge is 0.139 e. The first-order valence-electron chi connectivity index (χ1n) is 5.38. The Labute approximate surface area is 97.7 Å². The first kappa shape index (κ1) is 12.6. The van der Waals surface area contributed by atoms with Crippen LogP contribution in [-0.4, -0.2) is 13.0 Å². The van der Waals surface area contributed by atoms with Gasteiger partial charge in [0, 0.05) is 0 Å². The van der Waals surface area contributed by atoms with Crippen LogP contribution >= 0.6 is 0 Å². The van der Waals surface area contributed by atoms with Crippen LogP contribution in [0.1, 0.15) is 19.4 Å². The molecule has 16 heavy (non-hydrogen) atoms. The van der Waals surface area contributed by atoms with E-state index in [0.29, 0.717) is 0 Å². The molecule has 1 rings (SSSR count). The highest BCUT2D eigenvalue weighted by molar-refractivity contribution is 6.33. The van der Waals surface area contributed by atoms with Crippen molar-refractivity contribution in [1.82, 2.24) is 0 Å². The number of hydrogen-bond donors (Lipinski definition) is 1. The van der Waals surface area contributed by atoms with Gasteiger partial charge >= 0.3 is 0 Å². The van der Waals surface area contributed by atoms with Gasteiger partial charge in [0.1, 0.15) is 19.4 Å². The number of ether oxygens (including phenoxy) is 1. The zero-order valence-corrected chi connectivity index (χ0v) is 10.0. The van der Waals surface area contributed by atoms with Crippen LogP contribution in [0.5, 0.6) is 5.75 Å². The molecule has 3 heteroatoms. The Hall–Kier alpha value is -1.48. The van der Waals surface area contributed by atoms with Crippen molar-refractivity contribution in [2.75, 3.05) is 0 Å². The molecule has 1 N–H and O–H groups in total. The van der Waals surface area contributed by atoms with Gasteiger partial charge in [-0.25, -0.2) is 0 Å². The SMILES string of the molecule is Bc1ccc(OC(/C=C\C)=C/C)cc1CO. The molecule has 0 heterocycles. The summed E-state index contributed by atoms with van der Waals surface area (Å²) in [6, 6.07) is 5.72. The predicted octanol–water partition coefficient (Wildman–Crippen LogP) is 1.30. The van der Waals surface area contributed by atoms with Crippen molar-refractivity contribution in [2.45, 2.75) is 20.5 Å². The third kappa shape index (κ3) is 3.28. The highest BCUT2D eigenvalue weighted by Gasteiger charge is 2.01. The number of rotatable bonds is 4. The lowest BCUT2D eigenvalue weighted by molar-refractivity contribution is 0.282. The van der Waals surface area contributed by atoms with E-state index in [0.717, 1.165) is 22.5 Å². The maximum atomic E-state index is 9.15. The fourth-order valence-electron chi connectivity index (χ4n) is 1.37. The molecule has 0 bridgehead atoms. The van der Waals surface area contributed by atoms with Gasteiger partial charge in [-0.2, -0.15) is 0 Å². The minimum Gasteiger partial charge on any atom is -0.458 e. The molecule has 0 aliphatic heterocycles. The molecule has 0 atom stereocenters. The van der Waals surface area contributed by atoms with Crippen LogP contribution in [0.3, 0.4) is 0 Å². The molecule has 2 nitrogen and oxygen atoms in total. The van der Waals surface area contributed by atoms with E-state index in [2.05, 4.69) is 0 Å². The Morgan fingerprint density at radius 3 is 2.75 bits per heavy atom. The van der Waals surface area contributed by atoms with Crippen LogP contribution in [0.2, 0.25) is 0 Å². The molecule has 0 radical (unpaired) electrons. The Kier molecular flexibility index (Phi) is 4.87. The summed E-state index contributed by atoms with van der Waals surface area (Å²) in [5.41, 5.74) is 1.97. The average Bonchev–Trinajstić information content (AvgIpc) is 2.30. The van der Waals surface area contributed by atoms with Crippen LogP contribution in [-0.2, 0) is 6.61 Å². The zero-order valence-electron chi connectivity index (χ0n) is 10.0. The lowest BCUT2D eigenvalue weighted by Gasteiger charge is -2.09. The number of aliphatic hydroxyl groups is 1. The number of benzene rings is 1. The fourth-order valence-corrected chi connectivity index (χ4v) is 1.37. The summed E-state index contributed by atoms with van der Waals surface area (Å²) in [4.78, 5) is 0. The van der Waals surface area contributed by atoms with Crippen LogP contribution in [0.4, 0.5) is 0 Å². The predicted molar refractivity (Wildman–Crippen MR) is 69.7 cm³/mol. The summed E-state index contributed by atoms with van der Waals surface area (Å²) >= 11 is 0. The Balaban J connectivity index is 2.89. The molecule has 84 valence electrons. The van der Waals surface area contributed by atoms with Crippen molar-refractivity contribution in [3.63, 3.8) is 0 Å². The Morgan fingerprint density at radius 2 is 2.19 bits per heavy atom. The molecule has 0 fully saturated rings. The summed E-state index contributed by atoms with van der Waals surface area (Å²) in [7, 11) is 1.97. The highest BCUT2D eigenvalue weighted by Crippen LogP contribution is 2.15. The molecule has 0 spiro atoms. The van der Waals surface area contributed by atoms with Crippen LogP contribution < -0.4 is 10.2 Å². The van der Waals surface area contributed by atoms with Crippen molar-refractivity contribution >= 4 is 13.3 Å². The van der Waals surface area contributed by atoms with E-state index in [1.54, 1.807) is 0 Å². The summed E-state index contributed by atoms with van der Waals surface area (Å²) in [6.07, 6.45) is 5.73. The third-order valence-corrected chi connectivity index (χ3v) is 2.34. The second-order valence-electron chi connectivity index (χ2n) is 3.54. The van der Waals surface area contributed by atoms with E-state index in [1.807, 2.05) is 58.1 Å². The van der Waals surface area contributed by atoms with E-state index in [4.69, 9.17) is 9.84 Å². The van der Waals surface area contributed by atoms with Gasteiger partial charge in [-0.1, -0.05) is 17.6 Å². The number of aliphatic hydroxyl groups excluding tert-OH is 1. The fraction of sp³-hybridized carbons (Fsp3) is 0.231. The zero-order chi connectivity index (χ0) is 12.0. The lowest BCUT2D eigenvalue weighted by Crippen LogP contribution is -2.10. The van der Waals surface area contributed by atoms with E-state index in [1.165, 1.54) is 0 Å². The molecule has 0 aromatic heterocycles. The second kappa shape index (κ2) is 6.18. The monoisotopic (exact) mass is 216 g/mol. The van der Waals surface area contributed by atoms with Gasteiger partial charge in [-0.3, -0.25) is 0 Å². The number of hydrogen-bond acceptors (Lipinski definition) is 2. The van der Waals surface area contributed by atoms with E-state index >= 15 is 0 Å². The molecule has 0 aliphatic carbocycles. The maximum absolute atomic E-state index is 9.15. The average molecular weight is 216 g/mol. The van der Waals surface area contributed by atoms with Crippen LogP contribution in [0, 0.1) is 0 Å². The molecule has 0 unspecified atom stereocenters. The minimum atomic E-state index is 0.0395. The Bertz CT molecular complexity index is 408. The van der Waals surface area contributed by atoms with Crippen molar-refractivity contribution in [2.24, 2.45) is 0 Å². The van der Waals surface area contributed by atoms with Gasteiger partial charge in [0.05, 0.1) is 6.61 Å². The minimum absolute atomic E-state index is 0.0395. The van der Waals surface area contributed by atoms with Crippen molar-refractivity contribution < 1.29 is 9.84 Å². The van der Waals surface area contributed by atoms with E-state index < -0.39 is 0 Å². The van der Waals surface area contributed by atoms with E-state index in [-0.39, 0.29) is 6.61 Å². The molecule has 0 amide bonds. The molecular formula is C13H17BO2. The lowest BCUT2D eigenvalue weighted by atomic mass is 9.91. The largest absolute Gasteiger partial charge is 0.458 e. The van der Waals surface area contributed by atoms with Crippen LogP contribution in [0.25, 0.3) is 0 Å². The Morgan fingerprint density at radius 1 is 1.44 bits per heavy atom. The highest BCUT2D eigenvalue weighted by atomic mass is 16.5. The van der Waals surface area contributed by atoms with Gasteiger partial charge in [0.15, 0.2) is 0 Å². The summed E-state index contributed by atoms with van der Waals surface area (Å²) in [6.45, 7) is 3.91. The molecular weight excluding hydrogens is 199 g/mol.